The highest BCUT2D eigenvalue weighted by atomic mass is 16.5. The van der Waals surface area contributed by atoms with Crippen LogP contribution in [-0.2, 0) is 0 Å². The number of benzene rings is 2. The Morgan fingerprint density at radius 1 is 1.05 bits per heavy atom. The molecule has 0 unspecified atom stereocenters. The first-order chi connectivity index (χ1) is 10.1. The second-order valence-electron chi connectivity index (χ2n) is 5.23. The highest BCUT2D eigenvalue weighted by Crippen LogP contribution is 2.26. The minimum Gasteiger partial charge on any atom is -0.497 e. The molecule has 0 spiro atoms. The Morgan fingerprint density at radius 3 is 2.43 bits per heavy atom. The molecule has 3 aromatic rings. The summed E-state index contributed by atoms with van der Waals surface area (Å²) in [6.45, 7) is 3.98. The Hall–Kier alpha value is -2.55. The number of hydrogen-bond acceptors (Lipinski definition) is 2. The molecule has 0 aliphatic heterocycles. The molecule has 0 bridgehead atoms. The van der Waals surface area contributed by atoms with Crippen LogP contribution >= 0.6 is 0 Å². The Labute approximate surface area is 123 Å². The van der Waals surface area contributed by atoms with Crippen molar-refractivity contribution in [2.75, 3.05) is 7.11 Å². The first-order valence-corrected chi connectivity index (χ1v) is 6.88. The predicted molar refractivity (Wildman–Crippen MR) is 84.2 cm³/mol. The molecule has 3 heteroatoms. The lowest BCUT2D eigenvalue weighted by atomic mass is 10.00. The third kappa shape index (κ3) is 2.31. The number of rotatable bonds is 3. The third-order valence-electron chi connectivity index (χ3n) is 3.72. The number of ketones is 1. The van der Waals surface area contributed by atoms with E-state index in [1.807, 2.05) is 38.1 Å². The maximum Gasteiger partial charge on any atom is 0.195 e. The normalized spacial score (nSPS) is 10.8. The molecule has 0 saturated heterocycles. The van der Waals surface area contributed by atoms with Crippen LogP contribution in [0.15, 0.2) is 42.5 Å². The van der Waals surface area contributed by atoms with Gasteiger partial charge in [0.05, 0.1) is 12.7 Å². The van der Waals surface area contributed by atoms with E-state index in [2.05, 4.69) is 11.1 Å². The maximum absolute atomic E-state index is 12.8. The molecule has 1 N–H and O–H groups in total. The van der Waals surface area contributed by atoms with E-state index >= 15 is 0 Å². The zero-order valence-corrected chi connectivity index (χ0v) is 12.4. The van der Waals surface area contributed by atoms with Gasteiger partial charge in [-0.05, 0) is 49.7 Å². The van der Waals surface area contributed by atoms with Crippen molar-refractivity contribution in [3.05, 3.63) is 64.8 Å². The smallest absolute Gasteiger partial charge is 0.195 e. The fourth-order valence-corrected chi connectivity index (χ4v) is 2.63. The average Bonchev–Trinajstić information content (AvgIpc) is 2.81. The zero-order chi connectivity index (χ0) is 15.0. The molecule has 1 aromatic heterocycles. The number of fused-ring (bicyclic) bond motifs is 1. The number of carbonyl (C=O) groups excluding carboxylic acids is 1. The molecule has 0 aliphatic carbocycles. The van der Waals surface area contributed by atoms with Gasteiger partial charge in [0.2, 0.25) is 0 Å². The number of H-pyrrole nitrogens is 1. The molecule has 1 heterocycles. The molecule has 0 fully saturated rings. The lowest BCUT2D eigenvalue weighted by Crippen LogP contribution is -2.02. The highest BCUT2D eigenvalue weighted by Gasteiger charge is 2.17. The SMILES string of the molecule is COc1ccc(C(=O)c2c(C)[nH]c3cc(C)ccc23)cc1. The van der Waals surface area contributed by atoms with Gasteiger partial charge < -0.3 is 9.72 Å². The summed E-state index contributed by atoms with van der Waals surface area (Å²) in [6.07, 6.45) is 0. The summed E-state index contributed by atoms with van der Waals surface area (Å²) in [5, 5.41) is 0.971. The van der Waals surface area contributed by atoms with E-state index < -0.39 is 0 Å². The molecule has 0 aliphatic rings. The number of aryl methyl sites for hydroxylation is 2. The largest absolute Gasteiger partial charge is 0.497 e. The number of ether oxygens (including phenoxy) is 1. The Bertz CT molecular complexity index is 813. The van der Waals surface area contributed by atoms with E-state index in [1.165, 1.54) is 5.56 Å². The number of aromatic amines is 1. The van der Waals surface area contributed by atoms with Crippen molar-refractivity contribution in [1.29, 1.82) is 0 Å². The minimum atomic E-state index is 0.0326. The topological polar surface area (TPSA) is 42.1 Å². The molecule has 0 saturated carbocycles. The first-order valence-electron chi connectivity index (χ1n) is 6.88. The molecule has 106 valence electrons. The Kier molecular flexibility index (Phi) is 3.26. The van der Waals surface area contributed by atoms with Gasteiger partial charge in [0.1, 0.15) is 5.75 Å². The number of aromatic nitrogens is 1. The van der Waals surface area contributed by atoms with Crippen molar-refractivity contribution >= 4 is 16.7 Å². The van der Waals surface area contributed by atoms with Gasteiger partial charge in [-0.25, -0.2) is 0 Å². The van der Waals surface area contributed by atoms with E-state index in [9.17, 15) is 4.79 Å². The number of carbonyl (C=O) groups is 1. The van der Waals surface area contributed by atoms with Crippen LogP contribution in [0.4, 0.5) is 0 Å². The average molecular weight is 279 g/mol. The van der Waals surface area contributed by atoms with Gasteiger partial charge in [-0.2, -0.15) is 0 Å². The van der Waals surface area contributed by atoms with Gasteiger partial charge >= 0.3 is 0 Å². The van der Waals surface area contributed by atoms with Crippen LogP contribution in [0.1, 0.15) is 27.2 Å². The van der Waals surface area contributed by atoms with Crippen LogP contribution in [0.3, 0.4) is 0 Å². The zero-order valence-electron chi connectivity index (χ0n) is 12.4. The summed E-state index contributed by atoms with van der Waals surface area (Å²) in [4.78, 5) is 16.1. The minimum absolute atomic E-state index is 0.0326. The summed E-state index contributed by atoms with van der Waals surface area (Å²) < 4.78 is 5.13. The molecule has 0 atom stereocenters. The van der Waals surface area contributed by atoms with Crippen LogP contribution in [0, 0.1) is 13.8 Å². The van der Waals surface area contributed by atoms with Crippen LogP contribution < -0.4 is 4.74 Å². The highest BCUT2D eigenvalue weighted by molar-refractivity contribution is 6.17. The molecular weight excluding hydrogens is 262 g/mol. The van der Waals surface area contributed by atoms with Gasteiger partial charge in [0.25, 0.3) is 0 Å². The fraction of sp³-hybridized carbons (Fsp3) is 0.167. The predicted octanol–water partition coefficient (Wildman–Crippen LogP) is 4.02. The lowest BCUT2D eigenvalue weighted by molar-refractivity contribution is 0.103. The Morgan fingerprint density at radius 2 is 1.76 bits per heavy atom. The number of hydrogen-bond donors (Lipinski definition) is 1. The first kappa shape index (κ1) is 13.4. The van der Waals surface area contributed by atoms with Gasteiger partial charge in [-0.15, -0.1) is 0 Å². The summed E-state index contributed by atoms with van der Waals surface area (Å²) in [6, 6.07) is 13.3. The molecule has 0 radical (unpaired) electrons. The van der Waals surface area contributed by atoms with Crippen molar-refractivity contribution in [2.24, 2.45) is 0 Å². The number of methoxy groups -OCH3 is 1. The summed E-state index contributed by atoms with van der Waals surface area (Å²) in [7, 11) is 1.61. The molecule has 21 heavy (non-hydrogen) atoms. The van der Waals surface area contributed by atoms with Crippen molar-refractivity contribution < 1.29 is 9.53 Å². The van der Waals surface area contributed by atoms with E-state index in [4.69, 9.17) is 4.74 Å². The van der Waals surface area contributed by atoms with E-state index in [-0.39, 0.29) is 5.78 Å². The second kappa shape index (κ2) is 5.09. The lowest BCUT2D eigenvalue weighted by Gasteiger charge is -2.04. The molecule has 3 rings (SSSR count). The van der Waals surface area contributed by atoms with E-state index in [1.54, 1.807) is 19.2 Å². The van der Waals surface area contributed by atoms with Crippen LogP contribution in [0.2, 0.25) is 0 Å². The van der Waals surface area contributed by atoms with E-state index in [0.717, 1.165) is 27.9 Å². The summed E-state index contributed by atoms with van der Waals surface area (Å²) >= 11 is 0. The van der Waals surface area contributed by atoms with Crippen LogP contribution in [-0.4, -0.2) is 17.9 Å². The monoisotopic (exact) mass is 279 g/mol. The molecule has 2 aromatic carbocycles. The second-order valence-corrected chi connectivity index (χ2v) is 5.23. The van der Waals surface area contributed by atoms with Crippen LogP contribution in [0.25, 0.3) is 10.9 Å². The van der Waals surface area contributed by atoms with E-state index in [0.29, 0.717) is 5.56 Å². The maximum atomic E-state index is 12.8. The molecule has 0 amide bonds. The third-order valence-corrected chi connectivity index (χ3v) is 3.72. The van der Waals surface area contributed by atoms with Gasteiger partial charge in [-0.3, -0.25) is 4.79 Å². The molecular formula is C18H17NO2. The number of nitrogens with one attached hydrogen (secondary N) is 1. The van der Waals surface area contributed by atoms with Crippen molar-refractivity contribution in [2.45, 2.75) is 13.8 Å². The van der Waals surface area contributed by atoms with Crippen LogP contribution in [0.5, 0.6) is 5.75 Å². The van der Waals surface area contributed by atoms with Gasteiger partial charge in [-0.1, -0.05) is 12.1 Å². The van der Waals surface area contributed by atoms with Gasteiger partial charge in [0, 0.05) is 22.2 Å². The fourth-order valence-electron chi connectivity index (χ4n) is 2.63. The van der Waals surface area contributed by atoms with Crippen molar-refractivity contribution in [3.8, 4) is 5.75 Å². The summed E-state index contributed by atoms with van der Waals surface area (Å²) in [5.41, 5.74) is 4.49. The van der Waals surface area contributed by atoms with Crippen molar-refractivity contribution in [3.63, 3.8) is 0 Å². The quantitative estimate of drug-likeness (QED) is 0.736. The molecule has 3 nitrogen and oxygen atoms in total. The standard InChI is InChI=1S/C18H17NO2/c1-11-4-9-15-16(10-11)19-12(2)17(15)18(20)13-5-7-14(21-3)8-6-13/h4-10,19H,1-3H3. The summed E-state index contributed by atoms with van der Waals surface area (Å²) in [5.74, 6) is 0.781. The van der Waals surface area contributed by atoms with Crippen molar-refractivity contribution in [1.82, 2.24) is 4.98 Å². The Balaban J connectivity index is 2.10. The van der Waals surface area contributed by atoms with Gasteiger partial charge in [0.15, 0.2) is 5.78 Å².